The average molecular weight is 276 g/mol. The molecule has 0 bridgehead atoms. The molecule has 0 unspecified atom stereocenters. The Hall–Kier alpha value is -2.30. The summed E-state index contributed by atoms with van der Waals surface area (Å²) in [6, 6.07) is 7.12. The van der Waals surface area contributed by atoms with Crippen LogP contribution in [0, 0.1) is 5.92 Å². The number of carboxylic acids is 1. The fourth-order valence-electron chi connectivity index (χ4n) is 1.77. The number of hydrogen-bond acceptors (Lipinski definition) is 3. The van der Waals surface area contributed by atoms with Crippen LogP contribution in [0.2, 0.25) is 0 Å². The third kappa shape index (κ3) is 5.56. The van der Waals surface area contributed by atoms with Crippen LogP contribution in [-0.4, -0.2) is 35.0 Å². The van der Waals surface area contributed by atoms with Crippen LogP contribution in [-0.2, 0) is 9.59 Å². The maximum absolute atomic E-state index is 12.0. The SMILES string of the molecule is CC(C)CN(CC(=O)O)C(=O)/C=C/c1cccc(N)c1. The first-order valence-corrected chi connectivity index (χ1v) is 6.43. The minimum atomic E-state index is -1.02. The highest BCUT2D eigenvalue weighted by Gasteiger charge is 2.15. The minimum absolute atomic E-state index is 0.207. The molecule has 1 amide bonds. The average Bonchev–Trinajstić information content (AvgIpc) is 2.34. The van der Waals surface area contributed by atoms with E-state index in [4.69, 9.17) is 10.8 Å². The second kappa shape index (κ2) is 7.33. The normalized spacial score (nSPS) is 10.9. The molecule has 1 aromatic rings. The third-order valence-electron chi connectivity index (χ3n) is 2.55. The predicted octanol–water partition coefficient (Wildman–Crippen LogP) is 1.85. The number of carbonyl (C=O) groups is 2. The first-order chi connectivity index (χ1) is 9.38. The van der Waals surface area contributed by atoms with E-state index in [-0.39, 0.29) is 18.4 Å². The van der Waals surface area contributed by atoms with E-state index in [2.05, 4.69) is 0 Å². The van der Waals surface area contributed by atoms with Crippen LogP contribution in [0.15, 0.2) is 30.3 Å². The fraction of sp³-hybridized carbons (Fsp3) is 0.333. The van der Waals surface area contributed by atoms with E-state index in [9.17, 15) is 9.59 Å². The smallest absolute Gasteiger partial charge is 0.323 e. The molecule has 0 heterocycles. The second-order valence-electron chi connectivity index (χ2n) is 5.01. The summed E-state index contributed by atoms with van der Waals surface area (Å²) in [7, 11) is 0. The molecule has 1 aromatic carbocycles. The molecule has 0 atom stereocenters. The van der Waals surface area contributed by atoms with Gasteiger partial charge in [0.1, 0.15) is 6.54 Å². The highest BCUT2D eigenvalue weighted by Crippen LogP contribution is 2.09. The van der Waals surface area contributed by atoms with Crippen LogP contribution in [0.5, 0.6) is 0 Å². The number of carbonyl (C=O) groups excluding carboxylic acids is 1. The lowest BCUT2D eigenvalue weighted by Crippen LogP contribution is -2.37. The number of hydrogen-bond donors (Lipinski definition) is 2. The van der Waals surface area contributed by atoms with Crippen molar-refractivity contribution in [2.24, 2.45) is 5.92 Å². The Labute approximate surface area is 118 Å². The summed E-state index contributed by atoms with van der Waals surface area (Å²) < 4.78 is 0. The topological polar surface area (TPSA) is 83.6 Å². The van der Waals surface area contributed by atoms with E-state index in [0.29, 0.717) is 12.2 Å². The number of rotatable bonds is 6. The van der Waals surface area contributed by atoms with Gasteiger partial charge in [0.15, 0.2) is 0 Å². The van der Waals surface area contributed by atoms with Gasteiger partial charge in [-0.05, 0) is 29.7 Å². The van der Waals surface area contributed by atoms with E-state index in [1.165, 1.54) is 11.0 Å². The molecule has 0 saturated carbocycles. The number of nitrogen functional groups attached to an aromatic ring is 1. The molecule has 0 aromatic heterocycles. The number of benzene rings is 1. The zero-order valence-electron chi connectivity index (χ0n) is 11.7. The van der Waals surface area contributed by atoms with Gasteiger partial charge in [0.25, 0.3) is 0 Å². The fourth-order valence-corrected chi connectivity index (χ4v) is 1.77. The highest BCUT2D eigenvalue weighted by molar-refractivity contribution is 5.93. The van der Waals surface area contributed by atoms with Gasteiger partial charge in [0.2, 0.25) is 5.91 Å². The highest BCUT2D eigenvalue weighted by atomic mass is 16.4. The van der Waals surface area contributed by atoms with Gasteiger partial charge in [-0.25, -0.2) is 0 Å². The van der Waals surface area contributed by atoms with Gasteiger partial charge in [-0.2, -0.15) is 0 Å². The monoisotopic (exact) mass is 276 g/mol. The van der Waals surface area contributed by atoms with Gasteiger partial charge < -0.3 is 15.7 Å². The van der Waals surface area contributed by atoms with Crippen molar-refractivity contribution in [3.63, 3.8) is 0 Å². The van der Waals surface area contributed by atoms with Gasteiger partial charge in [0, 0.05) is 18.3 Å². The largest absolute Gasteiger partial charge is 0.480 e. The minimum Gasteiger partial charge on any atom is -0.480 e. The summed E-state index contributed by atoms with van der Waals surface area (Å²) in [5.74, 6) is -1.13. The van der Waals surface area contributed by atoms with Crippen molar-refractivity contribution < 1.29 is 14.7 Å². The molecular weight excluding hydrogens is 256 g/mol. The number of nitrogens with zero attached hydrogens (tertiary/aromatic N) is 1. The van der Waals surface area contributed by atoms with Crippen molar-refractivity contribution in [1.82, 2.24) is 4.90 Å². The molecular formula is C15H20N2O3. The molecule has 20 heavy (non-hydrogen) atoms. The molecule has 0 fully saturated rings. The lowest BCUT2D eigenvalue weighted by atomic mass is 10.1. The summed E-state index contributed by atoms with van der Waals surface area (Å²) in [6.45, 7) is 3.98. The van der Waals surface area contributed by atoms with Crippen molar-refractivity contribution >= 4 is 23.6 Å². The zero-order valence-corrected chi connectivity index (χ0v) is 11.7. The number of aliphatic carboxylic acids is 1. The number of nitrogens with two attached hydrogens (primary N) is 1. The van der Waals surface area contributed by atoms with Gasteiger partial charge in [-0.3, -0.25) is 9.59 Å². The van der Waals surface area contributed by atoms with E-state index >= 15 is 0 Å². The van der Waals surface area contributed by atoms with Gasteiger partial charge >= 0.3 is 5.97 Å². The first-order valence-electron chi connectivity index (χ1n) is 6.43. The van der Waals surface area contributed by atoms with Crippen molar-refractivity contribution in [1.29, 1.82) is 0 Å². The van der Waals surface area contributed by atoms with Crippen LogP contribution in [0.4, 0.5) is 5.69 Å². The summed E-state index contributed by atoms with van der Waals surface area (Å²) in [5, 5.41) is 8.83. The standard InChI is InChI=1S/C15H20N2O3/c1-11(2)9-17(10-15(19)20)14(18)7-6-12-4-3-5-13(16)8-12/h3-8,11H,9-10,16H2,1-2H3,(H,19,20)/b7-6+. The van der Waals surface area contributed by atoms with Crippen molar-refractivity contribution in [2.75, 3.05) is 18.8 Å². The molecule has 108 valence electrons. The van der Waals surface area contributed by atoms with Crippen LogP contribution in [0.25, 0.3) is 6.08 Å². The second-order valence-corrected chi connectivity index (χ2v) is 5.01. The molecule has 5 nitrogen and oxygen atoms in total. The predicted molar refractivity (Wildman–Crippen MR) is 78.9 cm³/mol. The van der Waals surface area contributed by atoms with E-state index in [1.807, 2.05) is 19.9 Å². The van der Waals surface area contributed by atoms with Crippen LogP contribution in [0.3, 0.4) is 0 Å². The molecule has 0 radical (unpaired) electrons. The van der Waals surface area contributed by atoms with Crippen molar-refractivity contribution in [3.05, 3.63) is 35.9 Å². The van der Waals surface area contributed by atoms with Crippen molar-refractivity contribution in [2.45, 2.75) is 13.8 Å². The Morgan fingerprint density at radius 1 is 1.40 bits per heavy atom. The molecule has 3 N–H and O–H groups in total. The van der Waals surface area contributed by atoms with Crippen LogP contribution < -0.4 is 5.73 Å². The molecule has 0 aliphatic carbocycles. The number of amides is 1. The van der Waals surface area contributed by atoms with Crippen molar-refractivity contribution in [3.8, 4) is 0 Å². The van der Waals surface area contributed by atoms with E-state index in [1.54, 1.807) is 24.3 Å². The summed E-state index contributed by atoms with van der Waals surface area (Å²) in [5.41, 5.74) is 7.07. The van der Waals surface area contributed by atoms with Gasteiger partial charge in [-0.1, -0.05) is 26.0 Å². The van der Waals surface area contributed by atoms with Gasteiger partial charge in [0.05, 0.1) is 0 Å². The maximum Gasteiger partial charge on any atom is 0.323 e. The number of anilines is 1. The molecule has 0 saturated heterocycles. The number of carboxylic acid groups (broad SMARTS) is 1. The first kappa shape index (κ1) is 15.8. The molecule has 5 heteroatoms. The molecule has 0 spiro atoms. The van der Waals surface area contributed by atoms with Crippen LogP contribution >= 0.6 is 0 Å². The Morgan fingerprint density at radius 3 is 2.65 bits per heavy atom. The Bertz CT molecular complexity index is 510. The third-order valence-corrected chi connectivity index (χ3v) is 2.55. The maximum atomic E-state index is 12.0. The van der Waals surface area contributed by atoms with Gasteiger partial charge in [-0.15, -0.1) is 0 Å². The molecule has 0 aliphatic rings. The summed E-state index contributed by atoms with van der Waals surface area (Å²) >= 11 is 0. The Morgan fingerprint density at radius 2 is 2.10 bits per heavy atom. The van der Waals surface area contributed by atoms with E-state index < -0.39 is 5.97 Å². The Kier molecular flexibility index (Phi) is 5.77. The van der Waals surface area contributed by atoms with E-state index in [0.717, 1.165) is 5.56 Å². The zero-order chi connectivity index (χ0) is 15.1. The molecule has 0 aliphatic heterocycles. The van der Waals surface area contributed by atoms with Crippen LogP contribution in [0.1, 0.15) is 19.4 Å². The summed E-state index contributed by atoms with van der Waals surface area (Å²) in [6.07, 6.45) is 3.01. The Balaban J connectivity index is 2.76. The lowest BCUT2D eigenvalue weighted by molar-refractivity contribution is -0.143. The summed E-state index contributed by atoms with van der Waals surface area (Å²) in [4.78, 5) is 24.1. The molecule has 1 rings (SSSR count). The quantitative estimate of drug-likeness (QED) is 0.613. The lowest BCUT2D eigenvalue weighted by Gasteiger charge is -2.21.